The zero-order valence-electron chi connectivity index (χ0n) is 16.4. The number of nitrogens with zero attached hydrogens (tertiary/aromatic N) is 3. The third-order valence-electron chi connectivity index (χ3n) is 5.01. The van der Waals surface area contributed by atoms with E-state index in [4.69, 9.17) is 11.6 Å². The molecule has 3 rings (SSSR count). The fourth-order valence-electron chi connectivity index (χ4n) is 3.20. The molecule has 0 amide bonds. The fourth-order valence-corrected chi connectivity index (χ4v) is 6.22. The molecular formula is C19H23ClFN3O4S2. The highest BCUT2D eigenvalue weighted by molar-refractivity contribution is 7.90. The van der Waals surface area contributed by atoms with Gasteiger partial charge < -0.3 is 4.90 Å². The average molecular weight is 476 g/mol. The van der Waals surface area contributed by atoms with Crippen molar-refractivity contribution in [3.8, 4) is 0 Å². The Morgan fingerprint density at radius 1 is 0.967 bits per heavy atom. The normalized spacial score (nSPS) is 16.2. The quantitative estimate of drug-likeness (QED) is 0.613. The van der Waals surface area contributed by atoms with Crippen LogP contribution in [0.2, 0.25) is 5.02 Å². The molecule has 1 saturated heterocycles. The van der Waals surface area contributed by atoms with Crippen molar-refractivity contribution in [2.45, 2.75) is 4.90 Å². The van der Waals surface area contributed by atoms with Crippen LogP contribution in [0, 0.1) is 5.82 Å². The van der Waals surface area contributed by atoms with Crippen LogP contribution >= 0.6 is 11.6 Å². The lowest BCUT2D eigenvalue weighted by molar-refractivity contribution is 0.382. The molecule has 0 N–H and O–H groups in total. The molecule has 0 unspecified atom stereocenters. The van der Waals surface area contributed by atoms with Gasteiger partial charge in [0.2, 0.25) is 20.0 Å². The van der Waals surface area contributed by atoms with Gasteiger partial charge >= 0.3 is 0 Å². The summed E-state index contributed by atoms with van der Waals surface area (Å²) in [6.45, 7) is 1.37. The summed E-state index contributed by atoms with van der Waals surface area (Å²) in [6.07, 6.45) is 0. The molecule has 2 aromatic carbocycles. The van der Waals surface area contributed by atoms with Gasteiger partial charge in [0, 0.05) is 39.8 Å². The van der Waals surface area contributed by atoms with E-state index in [2.05, 4.69) is 0 Å². The Bertz CT molecular complexity index is 1090. The first kappa shape index (κ1) is 23.0. The highest BCUT2D eigenvalue weighted by Gasteiger charge is 2.29. The summed E-state index contributed by atoms with van der Waals surface area (Å²) >= 11 is 6.21. The molecular weight excluding hydrogens is 453 g/mol. The van der Waals surface area contributed by atoms with Crippen molar-refractivity contribution in [3.05, 3.63) is 59.4 Å². The van der Waals surface area contributed by atoms with E-state index in [9.17, 15) is 21.2 Å². The third-order valence-corrected chi connectivity index (χ3v) is 9.05. The van der Waals surface area contributed by atoms with E-state index in [1.807, 2.05) is 23.1 Å². The van der Waals surface area contributed by atoms with Gasteiger partial charge in [-0.1, -0.05) is 23.7 Å². The van der Waals surface area contributed by atoms with E-state index in [1.165, 1.54) is 11.4 Å². The molecule has 0 aliphatic carbocycles. The smallest absolute Gasteiger partial charge is 0.242 e. The SMILES string of the molecule is CN(CCS(=O)(=O)N1CCN(c2ccccc2Cl)CC1)S(=O)(=O)c1ccc(F)cc1. The van der Waals surface area contributed by atoms with Gasteiger partial charge in [-0.05, 0) is 36.4 Å². The molecule has 0 aromatic heterocycles. The Labute approximate surface area is 181 Å². The molecule has 0 spiro atoms. The topological polar surface area (TPSA) is 78.0 Å². The van der Waals surface area contributed by atoms with Gasteiger partial charge in [0.05, 0.1) is 21.4 Å². The van der Waals surface area contributed by atoms with Crippen LogP contribution in [0.3, 0.4) is 0 Å². The number of benzene rings is 2. The minimum Gasteiger partial charge on any atom is -0.368 e. The number of sulfonamides is 2. The molecule has 11 heteroatoms. The number of hydrogen-bond acceptors (Lipinski definition) is 5. The summed E-state index contributed by atoms with van der Waals surface area (Å²) in [5.74, 6) is -0.883. The van der Waals surface area contributed by atoms with E-state index >= 15 is 0 Å². The molecule has 0 bridgehead atoms. The van der Waals surface area contributed by atoms with E-state index in [-0.39, 0.29) is 17.2 Å². The van der Waals surface area contributed by atoms with Crippen LogP contribution in [0.25, 0.3) is 0 Å². The van der Waals surface area contributed by atoms with E-state index in [0.717, 1.165) is 34.3 Å². The first-order valence-electron chi connectivity index (χ1n) is 9.30. The molecule has 7 nitrogen and oxygen atoms in total. The first-order chi connectivity index (χ1) is 14.1. The Morgan fingerprint density at radius 3 is 2.17 bits per heavy atom. The number of anilines is 1. The fraction of sp³-hybridized carbons (Fsp3) is 0.368. The second kappa shape index (κ2) is 9.19. The molecule has 1 fully saturated rings. The van der Waals surface area contributed by atoms with E-state index < -0.39 is 25.9 Å². The summed E-state index contributed by atoms with van der Waals surface area (Å²) in [7, 11) is -6.22. The zero-order valence-corrected chi connectivity index (χ0v) is 18.8. The van der Waals surface area contributed by atoms with E-state index in [1.54, 1.807) is 6.07 Å². The highest BCUT2D eigenvalue weighted by atomic mass is 35.5. The standard InChI is InChI=1S/C19H23ClFN3O4S2/c1-22(30(27,28)17-8-6-16(21)7-9-17)14-15-29(25,26)24-12-10-23(11-13-24)19-5-3-2-4-18(19)20/h2-9H,10-15H2,1H3. The van der Waals surface area contributed by atoms with Gasteiger partial charge in [0.1, 0.15) is 5.82 Å². The van der Waals surface area contributed by atoms with Crippen LogP contribution in [0.1, 0.15) is 0 Å². The van der Waals surface area contributed by atoms with Crippen LogP contribution in [0.5, 0.6) is 0 Å². The minimum absolute atomic E-state index is 0.0860. The molecule has 0 radical (unpaired) electrons. The number of para-hydroxylation sites is 1. The van der Waals surface area contributed by atoms with Crippen molar-refractivity contribution < 1.29 is 21.2 Å². The Morgan fingerprint density at radius 2 is 1.57 bits per heavy atom. The van der Waals surface area contributed by atoms with Crippen LogP contribution < -0.4 is 4.90 Å². The molecule has 2 aromatic rings. The van der Waals surface area contributed by atoms with Crippen molar-refractivity contribution >= 4 is 37.3 Å². The summed E-state index contributed by atoms with van der Waals surface area (Å²) in [6, 6.07) is 11.8. The second-order valence-electron chi connectivity index (χ2n) is 6.93. The van der Waals surface area contributed by atoms with Crippen molar-refractivity contribution in [3.63, 3.8) is 0 Å². The van der Waals surface area contributed by atoms with E-state index in [0.29, 0.717) is 31.2 Å². The monoisotopic (exact) mass is 475 g/mol. The summed E-state index contributed by atoms with van der Waals surface area (Å²) in [4.78, 5) is 1.94. The number of rotatable bonds is 7. The minimum atomic E-state index is -3.90. The second-order valence-corrected chi connectivity index (χ2v) is 11.5. The lowest BCUT2D eigenvalue weighted by Crippen LogP contribution is -2.50. The van der Waals surface area contributed by atoms with Gasteiger partial charge in [-0.15, -0.1) is 0 Å². The number of hydrogen-bond donors (Lipinski definition) is 0. The molecule has 1 heterocycles. The highest BCUT2D eigenvalue weighted by Crippen LogP contribution is 2.26. The van der Waals surface area contributed by atoms with Crippen LogP contribution in [0.4, 0.5) is 10.1 Å². The molecule has 30 heavy (non-hydrogen) atoms. The van der Waals surface area contributed by atoms with Gasteiger partial charge in [-0.2, -0.15) is 8.61 Å². The Kier molecular flexibility index (Phi) is 7.03. The van der Waals surface area contributed by atoms with Crippen LogP contribution in [0.15, 0.2) is 53.4 Å². The van der Waals surface area contributed by atoms with Crippen molar-refractivity contribution in [1.29, 1.82) is 0 Å². The molecule has 0 saturated carbocycles. The summed E-state index contributed by atoms with van der Waals surface area (Å²) in [5, 5.41) is 0.612. The Balaban J connectivity index is 1.59. The van der Waals surface area contributed by atoms with Gasteiger partial charge in [-0.25, -0.2) is 21.2 Å². The third kappa shape index (κ3) is 5.12. The predicted molar refractivity (Wildman–Crippen MR) is 115 cm³/mol. The first-order valence-corrected chi connectivity index (χ1v) is 12.7. The number of piperazine rings is 1. The summed E-state index contributed by atoms with van der Waals surface area (Å²) < 4.78 is 65.9. The van der Waals surface area contributed by atoms with Crippen molar-refractivity contribution in [1.82, 2.24) is 8.61 Å². The summed E-state index contributed by atoms with van der Waals surface area (Å²) in [5.41, 5.74) is 0.862. The Hall–Kier alpha value is -1.72. The zero-order chi connectivity index (χ0) is 21.9. The van der Waals surface area contributed by atoms with Gasteiger partial charge in [0.25, 0.3) is 0 Å². The maximum absolute atomic E-state index is 13.0. The average Bonchev–Trinajstić information content (AvgIpc) is 2.73. The van der Waals surface area contributed by atoms with Crippen molar-refractivity contribution in [2.75, 3.05) is 50.4 Å². The predicted octanol–water partition coefficient (Wildman–Crippen LogP) is 2.25. The molecule has 1 aliphatic rings. The maximum atomic E-state index is 13.0. The molecule has 1 aliphatic heterocycles. The lowest BCUT2D eigenvalue weighted by atomic mass is 10.2. The number of halogens is 2. The van der Waals surface area contributed by atoms with Crippen LogP contribution in [-0.2, 0) is 20.0 Å². The largest absolute Gasteiger partial charge is 0.368 e. The van der Waals surface area contributed by atoms with Crippen molar-refractivity contribution in [2.24, 2.45) is 0 Å². The maximum Gasteiger partial charge on any atom is 0.242 e. The van der Waals surface area contributed by atoms with Crippen LogP contribution in [-0.4, -0.2) is 71.0 Å². The molecule has 164 valence electrons. The lowest BCUT2D eigenvalue weighted by Gasteiger charge is -2.36. The van der Waals surface area contributed by atoms with Gasteiger partial charge in [0.15, 0.2) is 0 Å². The molecule has 0 atom stereocenters. The van der Waals surface area contributed by atoms with Gasteiger partial charge in [-0.3, -0.25) is 0 Å².